The Morgan fingerprint density at radius 1 is 0.387 bits per heavy atom. The van der Waals surface area contributed by atoms with Gasteiger partial charge in [0.25, 0.3) is 0 Å². The van der Waals surface area contributed by atoms with Gasteiger partial charge in [0, 0.05) is 33.2 Å². The van der Waals surface area contributed by atoms with Gasteiger partial charge in [-0.05, 0) is 76.7 Å². The van der Waals surface area contributed by atoms with Crippen molar-refractivity contribution in [2.45, 2.75) is 18.8 Å². The van der Waals surface area contributed by atoms with Crippen LogP contribution in [-0.4, -0.2) is 15.0 Å². The number of allylic oxidation sites excluding steroid dienone is 4. The summed E-state index contributed by atoms with van der Waals surface area (Å²) in [5.74, 6) is 2.32. The molecule has 0 saturated carbocycles. The maximum atomic E-state index is 6.33. The van der Waals surface area contributed by atoms with E-state index in [0.29, 0.717) is 0 Å². The van der Waals surface area contributed by atoms with E-state index in [1.165, 1.54) is 11.1 Å². The van der Waals surface area contributed by atoms with Crippen LogP contribution in [0.15, 0.2) is 231 Å². The summed E-state index contributed by atoms with van der Waals surface area (Å²) in [4.78, 5) is 15.2. The number of rotatable bonds is 10. The maximum absolute atomic E-state index is 6.33. The fourth-order valence-corrected chi connectivity index (χ4v) is 8.02. The molecule has 2 heterocycles. The largest absolute Gasteiger partial charge is 0.457 e. The van der Waals surface area contributed by atoms with Crippen LogP contribution in [0.5, 0.6) is 11.5 Å². The molecule has 7 aromatic carbocycles. The normalized spacial score (nSPS) is 14.6. The zero-order valence-corrected chi connectivity index (χ0v) is 34.4. The van der Waals surface area contributed by atoms with Gasteiger partial charge in [-0.2, -0.15) is 0 Å². The minimum Gasteiger partial charge on any atom is -0.457 e. The number of aromatic nitrogens is 3. The van der Waals surface area contributed by atoms with Crippen LogP contribution in [0.1, 0.15) is 24.7 Å². The highest BCUT2D eigenvalue weighted by molar-refractivity contribution is 5.79. The van der Waals surface area contributed by atoms with E-state index in [4.69, 9.17) is 19.7 Å². The summed E-state index contributed by atoms with van der Waals surface area (Å²) in [5.41, 5.74) is 14.7. The van der Waals surface area contributed by atoms with Crippen LogP contribution in [-0.2, 0) is 5.41 Å². The average molecular weight is 798 g/mol. The van der Waals surface area contributed by atoms with Crippen molar-refractivity contribution >= 4 is 5.57 Å². The Morgan fingerprint density at radius 2 is 0.774 bits per heavy atom. The molecule has 1 aliphatic rings. The molecule has 0 N–H and O–H groups in total. The quantitative estimate of drug-likeness (QED) is 0.138. The van der Waals surface area contributed by atoms with Gasteiger partial charge in [-0.3, -0.25) is 0 Å². The van der Waals surface area contributed by atoms with Gasteiger partial charge in [-0.15, -0.1) is 0 Å². The zero-order valence-electron chi connectivity index (χ0n) is 34.4. The van der Waals surface area contributed by atoms with Crippen molar-refractivity contribution in [2.24, 2.45) is 0 Å². The molecule has 296 valence electrons. The molecule has 1 unspecified atom stereocenters. The molecule has 10 rings (SSSR count). The van der Waals surface area contributed by atoms with Crippen LogP contribution in [0.3, 0.4) is 0 Å². The number of benzene rings is 7. The predicted octanol–water partition coefficient (Wildman–Crippen LogP) is 15.0. The first-order valence-electron chi connectivity index (χ1n) is 21.0. The van der Waals surface area contributed by atoms with Crippen LogP contribution in [0.4, 0.5) is 0 Å². The third-order valence-electron chi connectivity index (χ3n) is 11.6. The van der Waals surface area contributed by atoms with E-state index in [9.17, 15) is 0 Å². The molecule has 0 aliphatic heterocycles. The van der Waals surface area contributed by atoms with Gasteiger partial charge in [0.2, 0.25) is 0 Å². The van der Waals surface area contributed by atoms with Gasteiger partial charge < -0.3 is 4.74 Å². The van der Waals surface area contributed by atoms with Crippen molar-refractivity contribution in [2.75, 3.05) is 0 Å². The van der Waals surface area contributed by atoms with Crippen LogP contribution < -0.4 is 4.74 Å². The summed E-state index contributed by atoms with van der Waals surface area (Å²) < 4.78 is 6.33. The van der Waals surface area contributed by atoms with Crippen LogP contribution >= 0.6 is 0 Å². The lowest BCUT2D eigenvalue weighted by Crippen LogP contribution is -2.20. The Labute approximate surface area is 363 Å². The lowest BCUT2D eigenvalue weighted by atomic mass is 9.76. The molecule has 0 saturated heterocycles. The maximum Gasteiger partial charge on any atom is 0.160 e. The standard InChI is InChI=1S/C58H43N3O/c1-58(36-34-48(35-37-58)57-60-55(45-18-10-4-11-19-45)40-56(61-57)46-20-12-5-13-21-46)50-28-32-52(33-29-50)62-51-30-26-43(27-31-51)42-22-24-47(25-23-42)54-39-49(41-14-6-2-7-15-41)38-53(59-54)44-16-8-3-9-17-44/h2-36,38-40H,37H2,1H3. The second-order valence-electron chi connectivity index (χ2n) is 15.9. The van der Waals surface area contributed by atoms with Crippen LogP contribution in [0, 0.1) is 0 Å². The first-order valence-corrected chi connectivity index (χ1v) is 21.0. The summed E-state index contributed by atoms with van der Waals surface area (Å²) >= 11 is 0. The number of hydrogen-bond donors (Lipinski definition) is 0. The fourth-order valence-electron chi connectivity index (χ4n) is 8.02. The average Bonchev–Trinajstić information content (AvgIpc) is 3.35. The summed E-state index contributed by atoms with van der Waals surface area (Å²) in [6.45, 7) is 2.27. The third-order valence-corrected chi connectivity index (χ3v) is 11.6. The summed E-state index contributed by atoms with van der Waals surface area (Å²) in [6.07, 6.45) is 7.54. The SMILES string of the molecule is CC1(c2ccc(Oc3ccc(-c4ccc(-c5cc(-c6ccccc6)cc(-c6ccccc6)n5)cc4)cc3)cc2)C=CC(c2nc(-c3ccccc3)cc(-c3ccccc3)n2)=CC1. The summed E-state index contributed by atoms with van der Waals surface area (Å²) in [6, 6.07) is 73.3. The Hall–Kier alpha value is -7.95. The molecule has 0 radical (unpaired) electrons. The van der Waals surface area contributed by atoms with E-state index < -0.39 is 0 Å². The first-order chi connectivity index (χ1) is 30.5. The predicted molar refractivity (Wildman–Crippen MR) is 254 cm³/mol. The number of nitrogens with zero attached hydrogens (tertiary/aromatic N) is 3. The van der Waals surface area contributed by atoms with Crippen LogP contribution in [0.2, 0.25) is 0 Å². The van der Waals surface area contributed by atoms with Gasteiger partial charge in [0.1, 0.15) is 11.5 Å². The second kappa shape index (κ2) is 17.0. The molecule has 1 aliphatic carbocycles. The minimum atomic E-state index is -0.177. The molecule has 4 heteroatoms. The van der Waals surface area contributed by atoms with Gasteiger partial charge >= 0.3 is 0 Å². The minimum absolute atomic E-state index is 0.177. The van der Waals surface area contributed by atoms with Crippen molar-refractivity contribution in [3.63, 3.8) is 0 Å². The van der Waals surface area contributed by atoms with Crippen molar-refractivity contribution in [3.05, 3.63) is 242 Å². The van der Waals surface area contributed by atoms with Gasteiger partial charge in [0.15, 0.2) is 5.82 Å². The second-order valence-corrected chi connectivity index (χ2v) is 15.9. The van der Waals surface area contributed by atoms with E-state index in [1.54, 1.807) is 0 Å². The van der Waals surface area contributed by atoms with Crippen molar-refractivity contribution < 1.29 is 4.74 Å². The van der Waals surface area contributed by atoms with Gasteiger partial charge in [-0.25, -0.2) is 15.0 Å². The molecule has 0 bridgehead atoms. The lowest BCUT2D eigenvalue weighted by Gasteiger charge is -2.28. The third kappa shape index (κ3) is 8.27. The topological polar surface area (TPSA) is 47.9 Å². The van der Waals surface area contributed by atoms with Crippen molar-refractivity contribution in [1.82, 2.24) is 15.0 Å². The number of hydrogen-bond acceptors (Lipinski definition) is 4. The first kappa shape index (κ1) is 38.3. The van der Waals surface area contributed by atoms with Crippen molar-refractivity contribution in [3.8, 4) is 78.8 Å². The molecule has 62 heavy (non-hydrogen) atoms. The Balaban J connectivity index is 0.819. The summed E-state index contributed by atoms with van der Waals surface area (Å²) in [5, 5.41) is 0. The highest BCUT2D eigenvalue weighted by Crippen LogP contribution is 2.38. The highest BCUT2D eigenvalue weighted by atomic mass is 16.5. The molecule has 2 aromatic heterocycles. The number of ether oxygens (including phenoxy) is 1. The zero-order chi connectivity index (χ0) is 41.7. The Bertz CT molecular complexity index is 2900. The monoisotopic (exact) mass is 797 g/mol. The summed E-state index contributed by atoms with van der Waals surface area (Å²) in [7, 11) is 0. The fraction of sp³-hybridized carbons (Fsp3) is 0.0517. The molecule has 0 amide bonds. The van der Waals surface area contributed by atoms with E-state index in [2.05, 4.69) is 177 Å². The van der Waals surface area contributed by atoms with Gasteiger partial charge in [0.05, 0.1) is 22.8 Å². The lowest BCUT2D eigenvalue weighted by molar-refractivity contribution is 0.481. The smallest absolute Gasteiger partial charge is 0.160 e. The molecule has 1 atom stereocenters. The van der Waals surface area contributed by atoms with E-state index in [-0.39, 0.29) is 5.41 Å². The number of pyridine rings is 1. The molecule has 4 nitrogen and oxygen atoms in total. The van der Waals surface area contributed by atoms with E-state index >= 15 is 0 Å². The molecule has 9 aromatic rings. The molecular formula is C58H43N3O. The molecular weight excluding hydrogens is 755 g/mol. The Morgan fingerprint density at radius 3 is 1.24 bits per heavy atom. The van der Waals surface area contributed by atoms with Gasteiger partial charge in [-0.1, -0.05) is 195 Å². The Kier molecular flexibility index (Phi) is 10.5. The highest BCUT2D eigenvalue weighted by Gasteiger charge is 2.26. The van der Waals surface area contributed by atoms with E-state index in [0.717, 1.165) is 91.0 Å². The molecule has 0 spiro atoms. The van der Waals surface area contributed by atoms with E-state index in [1.807, 2.05) is 60.7 Å². The molecule has 0 fully saturated rings. The van der Waals surface area contributed by atoms with Crippen LogP contribution in [0.25, 0.3) is 72.9 Å². The van der Waals surface area contributed by atoms with Crippen molar-refractivity contribution in [1.29, 1.82) is 0 Å².